The summed E-state index contributed by atoms with van der Waals surface area (Å²) in [5.74, 6) is 1.09. The quantitative estimate of drug-likeness (QED) is 0.308. The molecule has 0 radical (unpaired) electrons. The number of amides is 1. The monoisotopic (exact) mass is 434 g/mol. The lowest BCUT2D eigenvalue weighted by atomic mass is 10.2. The molecule has 3 N–H and O–H groups in total. The van der Waals surface area contributed by atoms with Gasteiger partial charge >= 0.3 is 0 Å². The summed E-state index contributed by atoms with van der Waals surface area (Å²) in [7, 11) is 1.59. The lowest BCUT2D eigenvalue weighted by Gasteiger charge is -2.27. The van der Waals surface area contributed by atoms with Gasteiger partial charge in [0.2, 0.25) is 0 Å². The van der Waals surface area contributed by atoms with Crippen molar-refractivity contribution < 1.29 is 14.3 Å². The number of carbonyl (C=O) groups excluding carboxylic acids is 1. The number of hydrogen-bond acceptors (Lipinski definition) is 4. The van der Waals surface area contributed by atoms with E-state index in [1.807, 2.05) is 4.90 Å². The third kappa shape index (κ3) is 6.22. The van der Waals surface area contributed by atoms with Gasteiger partial charge in [0, 0.05) is 25.2 Å². The summed E-state index contributed by atoms with van der Waals surface area (Å²) in [5, 5.41) is 2.81. The minimum absolute atomic E-state index is 0. The van der Waals surface area contributed by atoms with E-state index in [4.69, 9.17) is 15.2 Å². The average Bonchev–Trinajstić information content (AvgIpc) is 2.59. The fourth-order valence-electron chi connectivity index (χ4n) is 2.08. The molecule has 2 rings (SSSR count). The fraction of sp³-hybridized carbons (Fsp3) is 0.467. The van der Waals surface area contributed by atoms with Crippen molar-refractivity contribution in [2.24, 2.45) is 10.7 Å². The zero-order chi connectivity index (χ0) is 15.8. The maximum Gasteiger partial charge on any atom is 0.251 e. The summed E-state index contributed by atoms with van der Waals surface area (Å²) in [4.78, 5) is 18.2. The molecule has 0 unspecified atom stereocenters. The minimum atomic E-state index is -0.136. The molecule has 23 heavy (non-hydrogen) atoms. The molecule has 1 aromatic rings. The molecule has 1 amide bonds. The summed E-state index contributed by atoms with van der Waals surface area (Å²) in [5.41, 5.74) is 6.49. The highest BCUT2D eigenvalue weighted by Gasteiger charge is 2.11. The SMILES string of the molecule is COc1ccc(C(=O)NCCN=C(N)N2CCOCC2)cc1.I. The second-order valence-corrected chi connectivity index (χ2v) is 4.82. The molecule has 0 aromatic heterocycles. The standard InChI is InChI=1S/C15H22N4O3.HI/c1-21-13-4-2-12(3-5-13)14(20)17-6-7-18-15(16)19-8-10-22-11-9-19;/h2-5H,6-11H2,1H3,(H2,16,18)(H,17,20);1H. The number of ether oxygens (including phenoxy) is 2. The highest BCUT2D eigenvalue weighted by atomic mass is 127. The topological polar surface area (TPSA) is 89.2 Å². The molecule has 1 aliphatic rings. The van der Waals surface area contributed by atoms with Gasteiger partial charge in [0.25, 0.3) is 5.91 Å². The summed E-state index contributed by atoms with van der Waals surface area (Å²) in [6.07, 6.45) is 0. The van der Waals surface area contributed by atoms with Crippen LogP contribution in [0.4, 0.5) is 0 Å². The van der Waals surface area contributed by atoms with Gasteiger partial charge in [-0.1, -0.05) is 0 Å². The third-order valence-corrected chi connectivity index (χ3v) is 3.36. The summed E-state index contributed by atoms with van der Waals surface area (Å²) in [6, 6.07) is 6.95. The van der Waals surface area contributed by atoms with Crippen LogP contribution < -0.4 is 15.8 Å². The van der Waals surface area contributed by atoms with Crippen molar-refractivity contribution in [3.05, 3.63) is 29.8 Å². The number of nitrogens with one attached hydrogen (secondary N) is 1. The van der Waals surface area contributed by atoms with E-state index >= 15 is 0 Å². The van der Waals surface area contributed by atoms with E-state index < -0.39 is 0 Å². The van der Waals surface area contributed by atoms with Gasteiger partial charge in [0.05, 0.1) is 26.9 Å². The number of guanidine groups is 1. The van der Waals surface area contributed by atoms with Gasteiger partial charge in [-0.25, -0.2) is 0 Å². The van der Waals surface area contributed by atoms with E-state index in [9.17, 15) is 4.79 Å². The van der Waals surface area contributed by atoms with Crippen molar-refractivity contribution in [3.63, 3.8) is 0 Å². The summed E-state index contributed by atoms with van der Waals surface area (Å²) >= 11 is 0. The number of benzene rings is 1. The summed E-state index contributed by atoms with van der Waals surface area (Å²) in [6.45, 7) is 3.75. The number of halogens is 1. The van der Waals surface area contributed by atoms with E-state index in [-0.39, 0.29) is 29.9 Å². The molecule has 7 nitrogen and oxygen atoms in total. The predicted octanol–water partition coefficient (Wildman–Crippen LogP) is 0.690. The van der Waals surface area contributed by atoms with E-state index in [0.29, 0.717) is 37.8 Å². The molecule has 0 saturated carbocycles. The Morgan fingerprint density at radius 2 is 2.00 bits per heavy atom. The first-order chi connectivity index (χ1) is 10.7. The molecular formula is C15H23IN4O3. The number of aliphatic imine (C=N–C) groups is 1. The van der Waals surface area contributed by atoms with Crippen LogP contribution in [0.2, 0.25) is 0 Å². The number of nitrogens with two attached hydrogens (primary N) is 1. The van der Waals surface area contributed by atoms with Crippen LogP contribution >= 0.6 is 24.0 Å². The van der Waals surface area contributed by atoms with E-state index in [1.54, 1.807) is 31.4 Å². The van der Waals surface area contributed by atoms with Gasteiger partial charge in [-0.15, -0.1) is 24.0 Å². The first-order valence-corrected chi connectivity index (χ1v) is 7.25. The van der Waals surface area contributed by atoms with Gasteiger partial charge in [0.1, 0.15) is 5.75 Å². The maximum atomic E-state index is 11.9. The Labute approximate surface area is 153 Å². The molecule has 1 saturated heterocycles. The van der Waals surface area contributed by atoms with Crippen LogP contribution in [-0.4, -0.2) is 63.3 Å². The van der Waals surface area contributed by atoms with Crippen LogP contribution in [0, 0.1) is 0 Å². The number of carbonyl (C=O) groups is 1. The lowest BCUT2D eigenvalue weighted by Crippen LogP contribution is -2.45. The average molecular weight is 434 g/mol. The number of morpholine rings is 1. The molecule has 128 valence electrons. The van der Waals surface area contributed by atoms with Crippen LogP contribution in [0.3, 0.4) is 0 Å². The largest absolute Gasteiger partial charge is 0.497 e. The Bertz CT molecular complexity index is 516. The highest BCUT2D eigenvalue weighted by Crippen LogP contribution is 2.10. The van der Waals surface area contributed by atoms with Gasteiger partial charge in [-0.3, -0.25) is 9.79 Å². The first-order valence-electron chi connectivity index (χ1n) is 7.25. The highest BCUT2D eigenvalue weighted by molar-refractivity contribution is 14.0. The Morgan fingerprint density at radius 1 is 1.35 bits per heavy atom. The first kappa shape index (κ1) is 19.5. The molecule has 8 heteroatoms. The van der Waals surface area contributed by atoms with Crippen molar-refractivity contribution >= 4 is 35.8 Å². The molecule has 0 atom stereocenters. The summed E-state index contributed by atoms with van der Waals surface area (Å²) < 4.78 is 10.3. The van der Waals surface area contributed by atoms with Crippen molar-refractivity contribution in [1.82, 2.24) is 10.2 Å². The normalized spacial score (nSPS) is 14.8. The predicted molar refractivity (Wildman–Crippen MR) is 99.6 cm³/mol. The Hall–Kier alpha value is -1.55. The molecule has 1 heterocycles. The van der Waals surface area contributed by atoms with Gasteiger partial charge in [-0.2, -0.15) is 0 Å². The van der Waals surface area contributed by atoms with Crippen molar-refractivity contribution in [3.8, 4) is 5.75 Å². The Kier molecular flexibility index (Phi) is 8.70. The van der Waals surface area contributed by atoms with E-state index in [0.717, 1.165) is 18.8 Å². The van der Waals surface area contributed by atoms with Crippen LogP contribution in [0.25, 0.3) is 0 Å². The molecule has 1 aromatic carbocycles. The molecule has 0 spiro atoms. The minimum Gasteiger partial charge on any atom is -0.497 e. The number of rotatable bonds is 5. The number of methoxy groups -OCH3 is 1. The molecule has 0 aliphatic carbocycles. The van der Waals surface area contributed by atoms with Crippen molar-refractivity contribution in [1.29, 1.82) is 0 Å². The molecular weight excluding hydrogens is 411 g/mol. The second kappa shape index (κ2) is 10.3. The van der Waals surface area contributed by atoms with Gasteiger partial charge in [-0.05, 0) is 24.3 Å². The zero-order valence-corrected chi connectivity index (χ0v) is 15.5. The third-order valence-electron chi connectivity index (χ3n) is 3.36. The Balaban J connectivity index is 0.00000264. The lowest BCUT2D eigenvalue weighted by molar-refractivity contribution is 0.0674. The Morgan fingerprint density at radius 3 is 2.61 bits per heavy atom. The zero-order valence-electron chi connectivity index (χ0n) is 13.2. The number of nitrogens with zero attached hydrogens (tertiary/aromatic N) is 2. The smallest absolute Gasteiger partial charge is 0.251 e. The van der Waals surface area contributed by atoms with Crippen LogP contribution in [-0.2, 0) is 4.74 Å². The van der Waals surface area contributed by atoms with Crippen molar-refractivity contribution in [2.45, 2.75) is 0 Å². The van der Waals surface area contributed by atoms with Crippen LogP contribution in [0.5, 0.6) is 5.75 Å². The van der Waals surface area contributed by atoms with Crippen molar-refractivity contribution in [2.75, 3.05) is 46.5 Å². The van der Waals surface area contributed by atoms with Gasteiger partial charge in [0.15, 0.2) is 5.96 Å². The van der Waals surface area contributed by atoms with Crippen LogP contribution in [0.15, 0.2) is 29.3 Å². The second-order valence-electron chi connectivity index (χ2n) is 4.82. The molecule has 1 fully saturated rings. The number of hydrogen-bond donors (Lipinski definition) is 2. The molecule has 1 aliphatic heterocycles. The maximum absolute atomic E-state index is 11.9. The molecule has 0 bridgehead atoms. The fourth-order valence-corrected chi connectivity index (χ4v) is 2.08. The van der Waals surface area contributed by atoms with Gasteiger partial charge < -0.3 is 25.4 Å². The van der Waals surface area contributed by atoms with E-state index in [1.165, 1.54) is 0 Å². The van der Waals surface area contributed by atoms with E-state index in [2.05, 4.69) is 10.3 Å². The van der Waals surface area contributed by atoms with Crippen LogP contribution in [0.1, 0.15) is 10.4 Å².